The van der Waals surface area contributed by atoms with Gasteiger partial charge in [-0.25, -0.2) is 0 Å². The highest BCUT2D eigenvalue weighted by Crippen LogP contribution is 2.14. The molecule has 332 valence electrons. The Morgan fingerprint density at radius 2 is 0.724 bits per heavy atom. The number of unbranched alkanes of at least 4 members (excludes halogenated alkanes) is 19. The molecule has 0 radical (unpaired) electrons. The molecule has 0 heterocycles. The lowest BCUT2D eigenvalue weighted by molar-refractivity contribution is -0.166. The second kappa shape index (κ2) is 46.5. The Bertz CT molecular complexity index is 1110. The fraction of sp³-hybridized carbons (Fsp3) is 0.712. The third-order valence-corrected chi connectivity index (χ3v) is 9.96. The van der Waals surface area contributed by atoms with Gasteiger partial charge in [0.1, 0.15) is 13.2 Å². The molecule has 0 amide bonds. The van der Waals surface area contributed by atoms with Gasteiger partial charge in [-0.1, -0.05) is 203 Å². The van der Waals surface area contributed by atoms with E-state index < -0.39 is 6.10 Å². The number of carbonyl (C=O) groups is 3. The monoisotopic (exact) mass is 809 g/mol. The van der Waals surface area contributed by atoms with Crippen molar-refractivity contribution in [1.29, 1.82) is 0 Å². The lowest BCUT2D eigenvalue weighted by Gasteiger charge is -2.18. The molecule has 0 aliphatic heterocycles. The van der Waals surface area contributed by atoms with Crippen LogP contribution in [-0.4, -0.2) is 37.2 Å². The molecule has 0 saturated carbocycles. The Morgan fingerprint density at radius 1 is 0.362 bits per heavy atom. The van der Waals surface area contributed by atoms with Crippen LogP contribution in [-0.2, 0) is 28.6 Å². The third kappa shape index (κ3) is 44.0. The molecule has 1 unspecified atom stereocenters. The summed E-state index contributed by atoms with van der Waals surface area (Å²) in [4.78, 5) is 37.7. The van der Waals surface area contributed by atoms with Crippen molar-refractivity contribution in [2.45, 2.75) is 226 Å². The number of allylic oxidation sites excluding steroid dienone is 12. The summed E-state index contributed by atoms with van der Waals surface area (Å²) in [7, 11) is 0. The van der Waals surface area contributed by atoms with E-state index in [1.54, 1.807) is 0 Å². The van der Waals surface area contributed by atoms with Crippen LogP contribution >= 0.6 is 0 Å². The summed E-state index contributed by atoms with van der Waals surface area (Å²) in [6.07, 6.45) is 57.6. The van der Waals surface area contributed by atoms with Gasteiger partial charge in [0.05, 0.1) is 0 Å². The maximum atomic E-state index is 12.7. The summed E-state index contributed by atoms with van der Waals surface area (Å²) < 4.78 is 16.6. The zero-order valence-corrected chi connectivity index (χ0v) is 37.8. The third-order valence-electron chi connectivity index (χ3n) is 9.96. The maximum Gasteiger partial charge on any atom is 0.306 e. The predicted molar refractivity (Wildman–Crippen MR) is 247 cm³/mol. The average Bonchev–Trinajstić information content (AvgIpc) is 3.22. The van der Waals surface area contributed by atoms with Crippen LogP contribution in [0.4, 0.5) is 0 Å². The van der Waals surface area contributed by atoms with Crippen molar-refractivity contribution in [3.63, 3.8) is 0 Å². The van der Waals surface area contributed by atoms with Gasteiger partial charge in [0.25, 0.3) is 0 Å². The molecule has 6 heteroatoms. The first-order chi connectivity index (χ1) is 28.5. The van der Waals surface area contributed by atoms with E-state index >= 15 is 0 Å². The second-order valence-corrected chi connectivity index (χ2v) is 15.6. The molecule has 0 saturated heterocycles. The number of esters is 3. The Balaban J connectivity index is 4.47. The summed E-state index contributed by atoms with van der Waals surface area (Å²) in [5.41, 5.74) is 0. The first-order valence-electron chi connectivity index (χ1n) is 23.9. The van der Waals surface area contributed by atoms with E-state index in [1.807, 2.05) is 12.2 Å². The van der Waals surface area contributed by atoms with Gasteiger partial charge in [-0.3, -0.25) is 14.4 Å². The Hall–Kier alpha value is -3.15. The zero-order valence-electron chi connectivity index (χ0n) is 37.8. The molecule has 0 fully saturated rings. The Morgan fingerprint density at radius 3 is 1.21 bits per heavy atom. The molecule has 0 bridgehead atoms. The topological polar surface area (TPSA) is 78.9 Å². The van der Waals surface area contributed by atoms with E-state index in [0.717, 1.165) is 64.2 Å². The molecular weight excluding hydrogens is 721 g/mol. The fourth-order valence-corrected chi connectivity index (χ4v) is 6.38. The van der Waals surface area contributed by atoms with Crippen molar-refractivity contribution in [3.8, 4) is 0 Å². The summed E-state index contributed by atoms with van der Waals surface area (Å²) in [5.74, 6) is -1.03. The highest BCUT2D eigenvalue weighted by Gasteiger charge is 2.19. The van der Waals surface area contributed by atoms with E-state index in [2.05, 4.69) is 81.5 Å². The quantitative estimate of drug-likeness (QED) is 0.0264. The van der Waals surface area contributed by atoms with Gasteiger partial charge in [-0.15, -0.1) is 0 Å². The SMILES string of the molecule is CC/C=C\C/C=C\C/C=C\C/C=C\C/C=C\CCC(=O)OCC(COC(=O)CCC/C=C\CCCCCC)OC(=O)CCCCCCCCCCCCCCCCC. The van der Waals surface area contributed by atoms with Crippen LogP contribution in [0.1, 0.15) is 220 Å². The van der Waals surface area contributed by atoms with Crippen LogP contribution in [0.3, 0.4) is 0 Å². The summed E-state index contributed by atoms with van der Waals surface area (Å²) in [5, 5.41) is 0. The first kappa shape index (κ1) is 54.9. The lowest BCUT2D eigenvalue weighted by Crippen LogP contribution is -2.30. The first-order valence-corrected chi connectivity index (χ1v) is 23.9. The molecule has 0 aromatic rings. The molecule has 0 aliphatic rings. The summed E-state index contributed by atoms with van der Waals surface area (Å²) >= 11 is 0. The number of rotatable bonds is 42. The van der Waals surface area contributed by atoms with Gasteiger partial charge < -0.3 is 14.2 Å². The van der Waals surface area contributed by atoms with E-state index in [9.17, 15) is 14.4 Å². The minimum Gasteiger partial charge on any atom is -0.462 e. The van der Waals surface area contributed by atoms with Gasteiger partial charge in [0, 0.05) is 19.3 Å². The van der Waals surface area contributed by atoms with E-state index in [-0.39, 0.29) is 37.5 Å². The molecule has 0 aromatic heterocycles. The Labute approximate surface area is 357 Å². The number of hydrogen-bond donors (Lipinski definition) is 0. The average molecular weight is 809 g/mol. The largest absolute Gasteiger partial charge is 0.462 e. The van der Waals surface area contributed by atoms with Crippen molar-refractivity contribution < 1.29 is 28.6 Å². The Kier molecular flexibility index (Phi) is 44.0. The van der Waals surface area contributed by atoms with Gasteiger partial charge in [0.15, 0.2) is 6.10 Å². The number of ether oxygens (including phenoxy) is 3. The van der Waals surface area contributed by atoms with Crippen molar-refractivity contribution in [2.24, 2.45) is 0 Å². The van der Waals surface area contributed by atoms with Gasteiger partial charge in [0.2, 0.25) is 0 Å². The summed E-state index contributed by atoms with van der Waals surface area (Å²) in [6, 6.07) is 0. The second-order valence-electron chi connectivity index (χ2n) is 15.6. The molecule has 6 nitrogen and oxygen atoms in total. The van der Waals surface area contributed by atoms with Gasteiger partial charge >= 0.3 is 17.9 Å². The standard InChI is InChI=1S/C52H88O6/c1-4-7-10-13-16-19-21-23-25-27-28-30-33-36-39-42-45-51(54)57-48-49(47-56-50(53)44-41-38-35-32-18-15-12-9-6-3)58-52(55)46-43-40-37-34-31-29-26-24-22-20-17-14-11-8-5-2/h7,10,16,19,23,25,28,30,32,35-36,39,49H,4-6,8-9,11-15,17-18,20-22,24,26-27,29,31,33-34,37-38,40-48H2,1-3H3/b10-7-,19-16-,25-23-,30-28-,35-32-,39-36-. The highest BCUT2D eigenvalue weighted by molar-refractivity contribution is 5.71. The number of carbonyl (C=O) groups excluding carboxylic acids is 3. The molecule has 0 rings (SSSR count). The highest BCUT2D eigenvalue weighted by atomic mass is 16.6. The zero-order chi connectivity index (χ0) is 42.3. The molecule has 0 aromatic carbocycles. The normalized spacial score (nSPS) is 12.7. The van der Waals surface area contributed by atoms with E-state index in [1.165, 1.54) is 103 Å². The predicted octanol–water partition coefficient (Wildman–Crippen LogP) is 15.5. The lowest BCUT2D eigenvalue weighted by atomic mass is 10.0. The van der Waals surface area contributed by atoms with Crippen LogP contribution in [0.15, 0.2) is 72.9 Å². The maximum absolute atomic E-state index is 12.7. The molecule has 58 heavy (non-hydrogen) atoms. The van der Waals surface area contributed by atoms with Crippen molar-refractivity contribution in [2.75, 3.05) is 13.2 Å². The van der Waals surface area contributed by atoms with Crippen LogP contribution in [0.5, 0.6) is 0 Å². The van der Waals surface area contributed by atoms with Crippen molar-refractivity contribution >= 4 is 17.9 Å². The van der Waals surface area contributed by atoms with E-state index in [4.69, 9.17) is 14.2 Å². The van der Waals surface area contributed by atoms with Crippen LogP contribution in [0.2, 0.25) is 0 Å². The fourth-order valence-electron chi connectivity index (χ4n) is 6.38. The van der Waals surface area contributed by atoms with Crippen molar-refractivity contribution in [1.82, 2.24) is 0 Å². The molecule has 0 N–H and O–H groups in total. The summed E-state index contributed by atoms with van der Waals surface area (Å²) in [6.45, 7) is 6.39. The van der Waals surface area contributed by atoms with Crippen molar-refractivity contribution in [3.05, 3.63) is 72.9 Å². The molecular formula is C52H88O6. The smallest absolute Gasteiger partial charge is 0.306 e. The number of hydrogen-bond acceptors (Lipinski definition) is 6. The van der Waals surface area contributed by atoms with Crippen LogP contribution < -0.4 is 0 Å². The minimum atomic E-state index is -0.812. The van der Waals surface area contributed by atoms with Gasteiger partial charge in [-0.2, -0.15) is 0 Å². The minimum absolute atomic E-state index is 0.112. The molecule has 0 aliphatic carbocycles. The molecule has 0 spiro atoms. The van der Waals surface area contributed by atoms with E-state index in [0.29, 0.717) is 25.7 Å². The van der Waals surface area contributed by atoms with Crippen LogP contribution in [0.25, 0.3) is 0 Å². The van der Waals surface area contributed by atoms with Gasteiger partial charge in [-0.05, 0) is 70.6 Å². The van der Waals surface area contributed by atoms with Crippen LogP contribution in [0, 0.1) is 0 Å². The molecule has 1 atom stereocenters.